The second-order valence-electron chi connectivity index (χ2n) is 4.81. The van der Waals surface area contributed by atoms with Crippen molar-refractivity contribution in [3.8, 4) is 0 Å². The van der Waals surface area contributed by atoms with Crippen molar-refractivity contribution in [2.75, 3.05) is 38.3 Å². The number of carboxylic acids is 1. The first-order valence-electron chi connectivity index (χ1n) is 6.62. The van der Waals surface area contributed by atoms with Crippen molar-refractivity contribution >= 4 is 17.4 Å². The van der Waals surface area contributed by atoms with Gasteiger partial charge in [0.1, 0.15) is 11.4 Å². The van der Waals surface area contributed by atoms with E-state index in [1.165, 1.54) is 10.7 Å². The standard InChI is InChI=1S/C13H16N4O4/c1-20-8-9-7-16(4-5-21-9)11-2-3-17-12(15-11)10(6-14-17)13(18)19/h2-3,6,9H,4-5,7-8H2,1H3,(H,18,19)/t9-/m0/s1. The third-order valence-electron chi connectivity index (χ3n) is 3.40. The molecule has 21 heavy (non-hydrogen) atoms. The van der Waals surface area contributed by atoms with Crippen molar-refractivity contribution in [2.24, 2.45) is 0 Å². The zero-order valence-corrected chi connectivity index (χ0v) is 11.6. The fourth-order valence-corrected chi connectivity index (χ4v) is 2.40. The molecule has 1 aliphatic rings. The first-order valence-corrected chi connectivity index (χ1v) is 6.62. The highest BCUT2D eigenvalue weighted by Gasteiger charge is 2.22. The lowest BCUT2D eigenvalue weighted by atomic mass is 10.3. The minimum absolute atomic E-state index is 0.00867. The molecular weight excluding hydrogens is 276 g/mol. The number of carbonyl (C=O) groups is 1. The molecule has 0 saturated carbocycles. The maximum absolute atomic E-state index is 11.2. The highest BCUT2D eigenvalue weighted by molar-refractivity contribution is 5.94. The number of nitrogens with zero attached hydrogens (tertiary/aromatic N) is 4. The molecule has 0 unspecified atom stereocenters. The van der Waals surface area contributed by atoms with Crippen molar-refractivity contribution in [3.05, 3.63) is 24.0 Å². The van der Waals surface area contributed by atoms with Gasteiger partial charge in [-0.1, -0.05) is 0 Å². The molecule has 3 rings (SSSR count). The van der Waals surface area contributed by atoms with Crippen molar-refractivity contribution in [3.63, 3.8) is 0 Å². The van der Waals surface area contributed by atoms with Crippen LogP contribution >= 0.6 is 0 Å². The predicted molar refractivity (Wildman–Crippen MR) is 73.8 cm³/mol. The lowest BCUT2D eigenvalue weighted by Gasteiger charge is -2.33. The number of fused-ring (bicyclic) bond motifs is 1. The van der Waals surface area contributed by atoms with Gasteiger partial charge in [-0.15, -0.1) is 0 Å². The number of rotatable bonds is 4. The second kappa shape index (κ2) is 5.66. The van der Waals surface area contributed by atoms with Gasteiger partial charge in [-0.3, -0.25) is 0 Å². The molecule has 2 aromatic heterocycles. The Balaban J connectivity index is 1.89. The Bertz CT molecular complexity index is 655. The summed E-state index contributed by atoms with van der Waals surface area (Å²) in [6, 6.07) is 1.82. The summed E-state index contributed by atoms with van der Waals surface area (Å²) < 4.78 is 12.2. The van der Waals surface area contributed by atoms with E-state index in [1.54, 1.807) is 13.3 Å². The maximum atomic E-state index is 11.2. The van der Waals surface area contributed by atoms with E-state index in [-0.39, 0.29) is 11.7 Å². The number of hydrogen-bond donors (Lipinski definition) is 1. The molecule has 8 heteroatoms. The lowest BCUT2D eigenvalue weighted by Crippen LogP contribution is -2.44. The molecule has 8 nitrogen and oxygen atoms in total. The fourth-order valence-electron chi connectivity index (χ4n) is 2.40. The largest absolute Gasteiger partial charge is 0.477 e. The van der Waals surface area contributed by atoms with Crippen LogP contribution in [-0.2, 0) is 9.47 Å². The number of aromatic nitrogens is 3. The number of methoxy groups -OCH3 is 1. The first-order chi connectivity index (χ1) is 10.2. The Morgan fingerprint density at radius 2 is 2.48 bits per heavy atom. The van der Waals surface area contributed by atoms with Crippen LogP contribution in [0.4, 0.5) is 5.82 Å². The summed E-state index contributed by atoms with van der Waals surface area (Å²) in [5.41, 5.74) is 0.438. The summed E-state index contributed by atoms with van der Waals surface area (Å²) in [4.78, 5) is 17.6. The highest BCUT2D eigenvalue weighted by Crippen LogP contribution is 2.18. The molecule has 1 fully saturated rings. The first kappa shape index (κ1) is 13.8. The third kappa shape index (κ3) is 2.67. The molecule has 1 atom stereocenters. The third-order valence-corrected chi connectivity index (χ3v) is 3.40. The smallest absolute Gasteiger partial charge is 0.341 e. The Morgan fingerprint density at radius 3 is 3.24 bits per heavy atom. The van der Waals surface area contributed by atoms with E-state index in [9.17, 15) is 4.79 Å². The van der Waals surface area contributed by atoms with Gasteiger partial charge in [-0.25, -0.2) is 14.3 Å². The van der Waals surface area contributed by atoms with Crippen molar-refractivity contribution < 1.29 is 19.4 Å². The van der Waals surface area contributed by atoms with Crippen LogP contribution in [0.1, 0.15) is 10.4 Å². The zero-order chi connectivity index (χ0) is 14.8. The van der Waals surface area contributed by atoms with Gasteiger partial charge in [0, 0.05) is 26.4 Å². The molecule has 1 N–H and O–H groups in total. The number of anilines is 1. The molecule has 2 aromatic rings. The van der Waals surface area contributed by atoms with Crippen LogP contribution < -0.4 is 4.90 Å². The summed E-state index contributed by atoms with van der Waals surface area (Å²) in [6.45, 7) is 2.48. The normalized spacial score (nSPS) is 19.1. The minimum atomic E-state index is -1.03. The average molecular weight is 292 g/mol. The number of ether oxygens (including phenoxy) is 2. The van der Waals surface area contributed by atoms with E-state index in [4.69, 9.17) is 14.6 Å². The second-order valence-corrected chi connectivity index (χ2v) is 4.81. The van der Waals surface area contributed by atoms with E-state index < -0.39 is 5.97 Å². The van der Waals surface area contributed by atoms with Crippen molar-refractivity contribution in [1.29, 1.82) is 0 Å². The van der Waals surface area contributed by atoms with Gasteiger partial charge in [0.25, 0.3) is 0 Å². The molecule has 0 spiro atoms. The molecule has 1 aliphatic heterocycles. The molecule has 112 valence electrons. The topological polar surface area (TPSA) is 89.2 Å². The predicted octanol–water partition coefficient (Wildman–Crippen LogP) is 0.279. The van der Waals surface area contributed by atoms with E-state index in [0.29, 0.717) is 32.0 Å². The van der Waals surface area contributed by atoms with Crippen LogP contribution in [0, 0.1) is 0 Å². The summed E-state index contributed by atoms with van der Waals surface area (Å²) >= 11 is 0. The maximum Gasteiger partial charge on any atom is 0.341 e. The number of carboxylic acid groups (broad SMARTS) is 1. The van der Waals surface area contributed by atoms with Gasteiger partial charge in [0.2, 0.25) is 0 Å². The lowest BCUT2D eigenvalue weighted by molar-refractivity contribution is -0.0102. The van der Waals surface area contributed by atoms with Gasteiger partial charge in [0.15, 0.2) is 5.65 Å². The Morgan fingerprint density at radius 1 is 1.62 bits per heavy atom. The molecule has 0 bridgehead atoms. The van der Waals surface area contributed by atoms with Crippen molar-refractivity contribution in [2.45, 2.75) is 6.10 Å². The Hall–Kier alpha value is -2.19. The average Bonchev–Trinajstić information content (AvgIpc) is 2.91. The van der Waals surface area contributed by atoms with Gasteiger partial charge in [-0.05, 0) is 6.07 Å². The highest BCUT2D eigenvalue weighted by atomic mass is 16.5. The van der Waals surface area contributed by atoms with E-state index in [2.05, 4.69) is 15.0 Å². The van der Waals surface area contributed by atoms with Crippen LogP contribution in [0.25, 0.3) is 5.65 Å². The van der Waals surface area contributed by atoms with Crippen LogP contribution in [0.15, 0.2) is 18.5 Å². The SMILES string of the molecule is COC[C@@H]1CN(c2ccn3ncc(C(=O)O)c3n2)CCO1. The number of aromatic carboxylic acids is 1. The Kier molecular flexibility index (Phi) is 3.72. The monoisotopic (exact) mass is 292 g/mol. The van der Waals surface area contributed by atoms with E-state index >= 15 is 0 Å². The molecule has 0 aliphatic carbocycles. The number of hydrogen-bond acceptors (Lipinski definition) is 6. The molecule has 0 radical (unpaired) electrons. The summed E-state index contributed by atoms with van der Waals surface area (Å²) in [7, 11) is 1.64. The van der Waals surface area contributed by atoms with Gasteiger partial charge < -0.3 is 19.5 Å². The van der Waals surface area contributed by atoms with Crippen LogP contribution in [0.2, 0.25) is 0 Å². The summed E-state index contributed by atoms with van der Waals surface area (Å²) in [5.74, 6) is -0.316. The van der Waals surface area contributed by atoms with Crippen LogP contribution in [0.3, 0.4) is 0 Å². The molecular formula is C13H16N4O4. The van der Waals surface area contributed by atoms with Gasteiger partial charge in [0.05, 0.1) is 25.5 Å². The molecule has 3 heterocycles. The van der Waals surface area contributed by atoms with E-state index in [0.717, 1.165) is 5.82 Å². The van der Waals surface area contributed by atoms with Gasteiger partial charge in [-0.2, -0.15) is 5.10 Å². The Labute approximate surface area is 120 Å². The van der Waals surface area contributed by atoms with Crippen LogP contribution in [-0.4, -0.2) is 65.2 Å². The minimum Gasteiger partial charge on any atom is -0.477 e. The molecule has 0 aromatic carbocycles. The van der Waals surface area contributed by atoms with E-state index in [1.807, 2.05) is 6.07 Å². The molecule has 0 amide bonds. The fraction of sp³-hybridized carbons (Fsp3) is 0.462. The van der Waals surface area contributed by atoms with Gasteiger partial charge >= 0.3 is 5.97 Å². The quantitative estimate of drug-likeness (QED) is 0.865. The number of morpholine rings is 1. The van der Waals surface area contributed by atoms with Crippen molar-refractivity contribution in [1.82, 2.24) is 14.6 Å². The summed E-state index contributed by atoms with van der Waals surface area (Å²) in [6.07, 6.45) is 3.01. The molecule has 1 saturated heterocycles. The zero-order valence-electron chi connectivity index (χ0n) is 11.6. The summed E-state index contributed by atoms with van der Waals surface area (Å²) in [5, 5.41) is 13.1. The van der Waals surface area contributed by atoms with Crippen LogP contribution in [0.5, 0.6) is 0 Å².